The number of hydrogen-bond acceptors (Lipinski definition) is 4. The number of carbonyl (C=O) groups is 1. The summed E-state index contributed by atoms with van der Waals surface area (Å²) in [4.78, 5) is 26.1. The van der Waals surface area contributed by atoms with Gasteiger partial charge in [0, 0.05) is 12.8 Å². The van der Waals surface area contributed by atoms with Crippen molar-refractivity contribution in [2.75, 3.05) is 13.2 Å². The molecule has 1 amide bonds. The maximum absolute atomic E-state index is 12.4. The number of nitrogens with one attached hydrogen (secondary N) is 2. The number of H-pyrrole nitrogens is 1. The fourth-order valence-corrected chi connectivity index (χ4v) is 2.83. The molecule has 1 fully saturated rings. The third kappa shape index (κ3) is 4.69. The molecular formula is C18H19ClN2O4. The van der Waals surface area contributed by atoms with Gasteiger partial charge < -0.3 is 19.8 Å². The summed E-state index contributed by atoms with van der Waals surface area (Å²) in [5.74, 6) is -0.307. The smallest absolute Gasteiger partial charge is 0.266 e. The predicted molar refractivity (Wildman–Crippen MR) is 93.8 cm³/mol. The number of ether oxygens (including phenoxy) is 2. The molecule has 2 aromatic rings. The van der Waals surface area contributed by atoms with Crippen LogP contribution in [0, 0.1) is 0 Å². The van der Waals surface area contributed by atoms with E-state index in [2.05, 4.69) is 10.3 Å². The summed E-state index contributed by atoms with van der Waals surface area (Å²) in [6.45, 7) is 1.43. The van der Waals surface area contributed by atoms with Crippen LogP contribution in [-0.2, 0) is 16.1 Å². The molecule has 0 saturated carbocycles. The molecule has 2 N–H and O–H groups in total. The second-order valence-electron chi connectivity index (χ2n) is 5.84. The largest absolute Gasteiger partial charge is 0.379 e. The maximum atomic E-state index is 12.4. The molecule has 6 nitrogen and oxygen atoms in total. The molecule has 2 atom stereocenters. The van der Waals surface area contributed by atoms with E-state index in [-0.39, 0.29) is 23.1 Å². The molecule has 1 aliphatic heterocycles. The number of hydrogen-bond donors (Lipinski definition) is 2. The van der Waals surface area contributed by atoms with E-state index in [1.165, 1.54) is 12.3 Å². The van der Waals surface area contributed by atoms with E-state index in [0.717, 1.165) is 5.56 Å². The van der Waals surface area contributed by atoms with Crippen LogP contribution < -0.4 is 10.9 Å². The van der Waals surface area contributed by atoms with Gasteiger partial charge in [0.25, 0.3) is 11.5 Å². The molecule has 1 aromatic heterocycles. The SMILES string of the molecule is O=C(N[C@@H]1CCOC[C@H]1OCc1ccccc1)c1c[nH]c(=O)c(Cl)c1. The van der Waals surface area contributed by atoms with Crippen molar-refractivity contribution in [2.24, 2.45) is 0 Å². The standard InChI is InChI=1S/C18H19ClN2O4/c19-14-8-13(9-20-18(14)23)17(22)21-15-6-7-24-11-16(15)25-10-12-4-2-1-3-5-12/h1-5,8-9,15-16H,6-7,10-11H2,(H,20,23)(H,21,22)/t15-,16-/m1/s1. The highest BCUT2D eigenvalue weighted by Crippen LogP contribution is 2.15. The number of halogens is 1. The van der Waals surface area contributed by atoms with Crippen LogP contribution in [0.3, 0.4) is 0 Å². The maximum Gasteiger partial charge on any atom is 0.266 e. The molecule has 1 saturated heterocycles. The van der Waals surface area contributed by atoms with Crippen LogP contribution in [-0.4, -0.2) is 36.3 Å². The van der Waals surface area contributed by atoms with Crippen molar-refractivity contribution >= 4 is 17.5 Å². The molecule has 0 radical (unpaired) electrons. The summed E-state index contributed by atoms with van der Waals surface area (Å²) in [5, 5.41) is 2.93. The van der Waals surface area contributed by atoms with Crippen LogP contribution in [0.2, 0.25) is 5.02 Å². The second-order valence-corrected chi connectivity index (χ2v) is 6.25. The van der Waals surface area contributed by atoms with Gasteiger partial charge in [-0.25, -0.2) is 0 Å². The van der Waals surface area contributed by atoms with Crippen molar-refractivity contribution in [3.8, 4) is 0 Å². The van der Waals surface area contributed by atoms with Gasteiger partial charge in [0.1, 0.15) is 11.1 Å². The Kier molecular flexibility index (Phi) is 5.86. The molecule has 0 spiro atoms. The van der Waals surface area contributed by atoms with E-state index in [4.69, 9.17) is 21.1 Å². The van der Waals surface area contributed by atoms with Crippen LogP contribution in [0.15, 0.2) is 47.4 Å². The van der Waals surface area contributed by atoms with E-state index >= 15 is 0 Å². The average molecular weight is 363 g/mol. The van der Waals surface area contributed by atoms with Crippen LogP contribution in [0.25, 0.3) is 0 Å². The van der Waals surface area contributed by atoms with Gasteiger partial charge in [0.15, 0.2) is 0 Å². The first kappa shape index (κ1) is 17.7. The second kappa shape index (κ2) is 8.29. The lowest BCUT2D eigenvalue weighted by atomic mass is 10.1. The van der Waals surface area contributed by atoms with Gasteiger partial charge in [0.05, 0.1) is 24.8 Å². The zero-order valence-corrected chi connectivity index (χ0v) is 14.3. The quantitative estimate of drug-likeness (QED) is 0.853. The normalized spacial score (nSPS) is 20.2. The van der Waals surface area contributed by atoms with E-state index in [9.17, 15) is 9.59 Å². The summed E-state index contributed by atoms with van der Waals surface area (Å²) >= 11 is 5.78. The van der Waals surface area contributed by atoms with Crippen molar-refractivity contribution < 1.29 is 14.3 Å². The first-order valence-corrected chi connectivity index (χ1v) is 8.43. The lowest BCUT2D eigenvalue weighted by Gasteiger charge is -2.32. The van der Waals surface area contributed by atoms with Crippen molar-refractivity contribution in [1.29, 1.82) is 0 Å². The van der Waals surface area contributed by atoms with Gasteiger partial charge in [-0.3, -0.25) is 9.59 Å². The summed E-state index contributed by atoms with van der Waals surface area (Å²) in [6.07, 6.45) is 1.77. The van der Waals surface area contributed by atoms with Crippen LogP contribution in [0.5, 0.6) is 0 Å². The Morgan fingerprint density at radius 2 is 2.16 bits per heavy atom. The Bertz CT molecular complexity index is 778. The molecule has 2 heterocycles. The fourth-order valence-electron chi connectivity index (χ4n) is 2.66. The van der Waals surface area contributed by atoms with Crippen molar-refractivity contribution in [1.82, 2.24) is 10.3 Å². The molecule has 0 bridgehead atoms. The molecular weight excluding hydrogens is 344 g/mol. The molecule has 7 heteroatoms. The lowest BCUT2D eigenvalue weighted by molar-refractivity contribution is -0.0736. The minimum Gasteiger partial charge on any atom is -0.379 e. The van der Waals surface area contributed by atoms with E-state index in [1.807, 2.05) is 30.3 Å². The minimum absolute atomic E-state index is 0.0171. The van der Waals surface area contributed by atoms with Crippen LogP contribution in [0.4, 0.5) is 0 Å². The van der Waals surface area contributed by atoms with Gasteiger partial charge in [0.2, 0.25) is 0 Å². The molecule has 25 heavy (non-hydrogen) atoms. The van der Waals surface area contributed by atoms with Gasteiger partial charge in [-0.15, -0.1) is 0 Å². The van der Waals surface area contributed by atoms with Crippen LogP contribution >= 0.6 is 11.6 Å². The Hall–Kier alpha value is -2.15. The first-order chi connectivity index (χ1) is 12.1. The summed E-state index contributed by atoms with van der Waals surface area (Å²) in [6, 6.07) is 11.0. The van der Waals surface area contributed by atoms with Crippen LogP contribution in [0.1, 0.15) is 22.3 Å². The molecule has 0 aliphatic carbocycles. The minimum atomic E-state index is -0.423. The van der Waals surface area contributed by atoms with Crippen molar-refractivity contribution in [3.63, 3.8) is 0 Å². The zero-order valence-electron chi connectivity index (χ0n) is 13.5. The van der Waals surface area contributed by atoms with Gasteiger partial charge >= 0.3 is 0 Å². The number of rotatable bonds is 5. The average Bonchev–Trinajstić information content (AvgIpc) is 2.64. The highest BCUT2D eigenvalue weighted by Gasteiger charge is 2.28. The van der Waals surface area contributed by atoms with Crippen molar-refractivity contribution in [3.05, 3.63) is 69.1 Å². The third-order valence-electron chi connectivity index (χ3n) is 4.05. The van der Waals surface area contributed by atoms with E-state index < -0.39 is 5.56 Å². The Morgan fingerprint density at radius 3 is 2.92 bits per heavy atom. The molecule has 3 rings (SSSR count). The van der Waals surface area contributed by atoms with E-state index in [0.29, 0.717) is 31.8 Å². The number of aromatic amines is 1. The zero-order chi connectivity index (χ0) is 17.6. The molecule has 1 aliphatic rings. The summed E-state index contributed by atoms with van der Waals surface area (Å²) in [5.41, 5.74) is 0.942. The number of amides is 1. The number of benzene rings is 1. The molecule has 1 aromatic carbocycles. The topological polar surface area (TPSA) is 80.4 Å². The fraction of sp³-hybridized carbons (Fsp3) is 0.333. The highest BCUT2D eigenvalue weighted by molar-refractivity contribution is 6.30. The predicted octanol–water partition coefficient (Wildman–Crippen LogP) is 2.13. The number of pyridine rings is 1. The van der Waals surface area contributed by atoms with Crippen molar-refractivity contribution in [2.45, 2.75) is 25.2 Å². The van der Waals surface area contributed by atoms with Gasteiger partial charge in [-0.1, -0.05) is 41.9 Å². The monoisotopic (exact) mass is 362 g/mol. The van der Waals surface area contributed by atoms with E-state index in [1.54, 1.807) is 0 Å². The summed E-state index contributed by atoms with van der Waals surface area (Å²) in [7, 11) is 0. The lowest BCUT2D eigenvalue weighted by Crippen LogP contribution is -2.50. The number of carbonyl (C=O) groups excluding carboxylic acids is 1. The Labute approximate surface area is 150 Å². The number of aromatic nitrogens is 1. The Morgan fingerprint density at radius 1 is 1.36 bits per heavy atom. The molecule has 132 valence electrons. The first-order valence-electron chi connectivity index (χ1n) is 8.06. The highest BCUT2D eigenvalue weighted by atomic mass is 35.5. The van der Waals surface area contributed by atoms with Gasteiger partial charge in [-0.05, 0) is 18.1 Å². The van der Waals surface area contributed by atoms with Gasteiger partial charge in [-0.2, -0.15) is 0 Å². The third-order valence-corrected chi connectivity index (χ3v) is 4.33. The summed E-state index contributed by atoms with van der Waals surface area (Å²) < 4.78 is 11.4. The Balaban J connectivity index is 1.63. The molecule has 0 unspecified atom stereocenters.